The molecule has 2 unspecified atom stereocenters. The van der Waals surface area contributed by atoms with Gasteiger partial charge in [-0.3, -0.25) is 4.79 Å². The lowest BCUT2D eigenvalue weighted by molar-refractivity contribution is -0.123. The Morgan fingerprint density at radius 2 is 2.00 bits per heavy atom. The van der Waals surface area contributed by atoms with E-state index >= 15 is 0 Å². The van der Waals surface area contributed by atoms with Crippen molar-refractivity contribution in [3.05, 3.63) is 47.5 Å². The van der Waals surface area contributed by atoms with E-state index in [-0.39, 0.29) is 36.8 Å². The minimum atomic E-state index is -0.564. The zero-order valence-corrected chi connectivity index (χ0v) is 15.1. The standard InChI is InChI=1S/C16H21N5O.2ClH/c1-11(15-20-19-14-8-5-9-21(14)15)18-16(22)13(17)10-12-6-3-2-4-7-12;;/h2-4,6-7,11,13H,5,8-10,17H2,1H3,(H,18,22);2*1H. The zero-order chi connectivity index (χ0) is 15.5. The number of hydrogen-bond acceptors (Lipinski definition) is 4. The molecule has 8 heteroatoms. The fraction of sp³-hybridized carbons (Fsp3) is 0.438. The summed E-state index contributed by atoms with van der Waals surface area (Å²) in [6, 6.07) is 9.04. The molecule has 3 N–H and O–H groups in total. The number of halogens is 2. The topological polar surface area (TPSA) is 85.8 Å². The molecule has 0 fully saturated rings. The van der Waals surface area contributed by atoms with E-state index in [9.17, 15) is 4.79 Å². The van der Waals surface area contributed by atoms with E-state index in [1.54, 1.807) is 0 Å². The van der Waals surface area contributed by atoms with Gasteiger partial charge in [-0.15, -0.1) is 35.0 Å². The second kappa shape index (κ2) is 9.01. The predicted octanol–water partition coefficient (Wildman–Crippen LogP) is 1.82. The Morgan fingerprint density at radius 3 is 2.71 bits per heavy atom. The Labute approximate surface area is 154 Å². The number of fused-ring (bicyclic) bond motifs is 1. The maximum atomic E-state index is 12.3. The third-order valence-corrected chi connectivity index (χ3v) is 4.02. The lowest BCUT2D eigenvalue weighted by atomic mass is 10.1. The highest BCUT2D eigenvalue weighted by molar-refractivity contribution is 5.85. The summed E-state index contributed by atoms with van der Waals surface area (Å²) >= 11 is 0. The first-order chi connectivity index (χ1) is 10.6. The van der Waals surface area contributed by atoms with Crippen LogP contribution < -0.4 is 11.1 Å². The number of carbonyl (C=O) groups excluding carboxylic acids is 1. The fourth-order valence-electron chi connectivity index (χ4n) is 2.84. The molecule has 2 aromatic rings. The van der Waals surface area contributed by atoms with Gasteiger partial charge in [0.25, 0.3) is 0 Å². The smallest absolute Gasteiger partial charge is 0.237 e. The lowest BCUT2D eigenvalue weighted by Gasteiger charge is -2.17. The third-order valence-electron chi connectivity index (χ3n) is 4.02. The Morgan fingerprint density at radius 1 is 1.29 bits per heavy atom. The summed E-state index contributed by atoms with van der Waals surface area (Å²) in [4.78, 5) is 12.3. The number of carbonyl (C=O) groups is 1. The second-order valence-corrected chi connectivity index (χ2v) is 5.76. The maximum Gasteiger partial charge on any atom is 0.237 e. The van der Waals surface area contributed by atoms with Gasteiger partial charge in [-0.1, -0.05) is 30.3 Å². The van der Waals surface area contributed by atoms with Crippen molar-refractivity contribution in [2.24, 2.45) is 5.73 Å². The number of amides is 1. The first-order valence-corrected chi connectivity index (χ1v) is 7.67. The molecule has 1 aromatic carbocycles. The lowest BCUT2D eigenvalue weighted by Crippen LogP contribution is -2.43. The summed E-state index contributed by atoms with van der Waals surface area (Å²) in [5.74, 6) is 1.66. The monoisotopic (exact) mass is 371 g/mol. The third kappa shape index (κ3) is 4.47. The van der Waals surface area contributed by atoms with Crippen LogP contribution in [0, 0.1) is 0 Å². The van der Waals surface area contributed by atoms with Crippen LogP contribution in [-0.2, 0) is 24.2 Å². The molecule has 2 heterocycles. The molecule has 1 aromatic heterocycles. The minimum absolute atomic E-state index is 0. The van der Waals surface area contributed by atoms with Gasteiger partial charge in [-0.2, -0.15) is 0 Å². The van der Waals surface area contributed by atoms with Crippen LogP contribution in [0.4, 0.5) is 0 Å². The highest BCUT2D eigenvalue weighted by Crippen LogP contribution is 2.18. The molecule has 24 heavy (non-hydrogen) atoms. The number of hydrogen-bond donors (Lipinski definition) is 2. The van der Waals surface area contributed by atoms with Crippen molar-refractivity contribution < 1.29 is 4.79 Å². The molecule has 2 atom stereocenters. The van der Waals surface area contributed by atoms with Crippen molar-refractivity contribution in [2.45, 2.75) is 44.8 Å². The average Bonchev–Trinajstić information content (AvgIpc) is 3.10. The van der Waals surface area contributed by atoms with Crippen LogP contribution in [0.25, 0.3) is 0 Å². The van der Waals surface area contributed by atoms with E-state index in [1.165, 1.54) is 0 Å². The normalized spacial score (nSPS) is 14.8. The summed E-state index contributed by atoms with van der Waals surface area (Å²) in [6.45, 7) is 2.84. The van der Waals surface area contributed by atoms with Crippen molar-refractivity contribution in [3.8, 4) is 0 Å². The van der Waals surface area contributed by atoms with Crippen LogP contribution in [-0.4, -0.2) is 26.7 Å². The number of benzene rings is 1. The molecule has 0 aliphatic carbocycles. The minimum Gasteiger partial charge on any atom is -0.345 e. The molecular formula is C16H23Cl2N5O. The van der Waals surface area contributed by atoms with E-state index in [2.05, 4.69) is 20.1 Å². The predicted molar refractivity (Wildman–Crippen MR) is 97.5 cm³/mol. The van der Waals surface area contributed by atoms with Crippen LogP contribution in [0.15, 0.2) is 30.3 Å². The van der Waals surface area contributed by atoms with Crippen molar-refractivity contribution in [1.29, 1.82) is 0 Å². The van der Waals surface area contributed by atoms with E-state index in [0.29, 0.717) is 6.42 Å². The van der Waals surface area contributed by atoms with E-state index in [1.807, 2.05) is 37.3 Å². The molecule has 1 aliphatic heterocycles. The van der Waals surface area contributed by atoms with Gasteiger partial charge in [-0.25, -0.2) is 0 Å². The highest BCUT2D eigenvalue weighted by atomic mass is 35.5. The van der Waals surface area contributed by atoms with Crippen molar-refractivity contribution in [1.82, 2.24) is 20.1 Å². The van der Waals surface area contributed by atoms with E-state index < -0.39 is 6.04 Å². The van der Waals surface area contributed by atoms with Crippen LogP contribution in [0.2, 0.25) is 0 Å². The number of aryl methyl sites for hydroxylation is 1. The number of nitrogens with two attached hydrogens (primary N) is 1. The molecule has 1 amide bonds. The summed E-state index contributed by atoms with van der Waals surface area (Å²) in [5.41, 5.74) is 7.07. The van der Waals surface area contributed by atoms with Gasteiger partial charge in [0.05, 0.1) is 12.1 Å². The zero-order valence-electron chi connectivity index (χ0n) is 13.5. The average molecular weight is 372 g/mol. The molecule has 6 nitrogen and oxygen atoms in total. The summed E-state index contributed by atoms with van der Waals surface area (Å²) in [5, 5.41) is 11.3. The summed E-state index contributed by atoms with van der Waals surface area (Å²) in [7, 11) is 0. The SMILES string of the molecule is CC(NC(=O)C(N)Cc1ccccc1)c1nnc2n1CCC2.Cl.Cl. The van der Waals surface area contributed by atoms with Crippen molar-refractivity contribution in [2.75, 3.05) is 0 Å². The number of nitrogens with one attached hydrogen (secondary N) is 1. The van der Waals surface area contributed by atoms with E-state index in [0.717, 1.165) is 36.6 Å². The molecule has 0 saturated heterocycles. The molecule has 1 aliphatic rings. The molecule has 0 spiro atoms. The molecule has 132 valence electrons. The van der Waals surface area contributed by atoms with Gasteiger partial charge in [-0.05, 0) is 25.3 Å². The van der Waals surface area contributed by atoms with Gasteiger partial charge < -0.3 is 15.6 Å². The summed E-state index contributed by atoms with van der Waals surface area (Å²) < 4.78 is 2.09. The molecule has 0 radical (unpaired) electrons. The van der Waals surface area contributed by atoms with Crippen LogP contribution in [0.1, 0.15) is 36.6 Å². The molecule has 3 rings (SSSR count). The van der Waals surface area contributed by atoms with Crippen LogP contribution in [0.5, 0.6) is 0 Å². The van der Waals surface area contributed by atoms with Crippen molar-refractivity contribution >= 4 is 30.7 Å². The Bertz CT molecular complexity index is 662. The first-order valence-electron chi connectivity index (χ1n) is 7.67. The van der Waals surface area contributed by atoms with Crippen LogP contribution in [0.3, 0.4) is 0 Å². The Kier molecular flexibility index (Phi) is 7.66. The first kappa shape index (κ1) is 20.4. The molecule has 0 saturated carbocycles. The second-order valence-electron chi connectivity index (χ2n) is 5.76. The largest absolute Gasteiger partial charge is 0.345 e. The van der Waals surface area contributed by atoms with Crippen molar-refractivity contribution in [3.63, 3.8) is 0 Å². The van der Waals surface area contributed by atoms with Gasteiger partial charge >= 0.3 is 0 Å². The number of aromatic nitrogens is 3. The van der Waals surface area contributed by atoms with E-state index in [4.69, 9.17) is 5.73 Å². The molecule has 0 bridgehead atoms. The van der Waals surface area contributed by atoms with Gasteiger partial charge in [0.1, 0.15) is 5.82 Å². The Hall–Kier alpha value is -1.63. The number of nitrogens with zero attached hydrogens (tertiary/aromatic N) is 3. The maximum absolute atomic E-state index is 12.3. The highest BCUT2D eigenvalue weighted by Gasteiger charge is 2.24. The number of rotatable bonds is 5. The summed E-state index contributed by atoms with van der Waals surface area (Å²) in [6.07, 6.45) is 2.57. The van der Waals surface area contributed by atoms with Gasteiger partial charge in [0, 0.05) is 13.0 Å². The van der Waals surface area contributed by atoms with Gasteiger partial charge in [0.15, 0.2) is 5.82 Å². The van der Waals surface area contributed by atoms with Crippen LogP contribution >= 0.6 is 24.8 Å². The molecular weight excluding hydrogens is 349 g/mol. The van der Waals surface area contributed by atoms with Gasteiger partial charge in [0.2, 0.25) is 5.91 Å². The Balaban J connectivity index is 0.00000144. The quantitative estimate of drug-likeness (QED) is 0.838. The fourth-order valence-corrected chi connectivity index (χ4v) is 2.84.